The van der Waals surface area contributed by atoms with E-state index >= 15 is 0 Å². The van der Waals surface area contributed by atoms with Crippen molar-refractivity contribution in [1.82, 2.24) is 0 Å². The third kappa shape index (κ3) is 4.03. The Bertz CT molecular complexity index is 319. The first-order valence-electron chi connectivity index (χ1n) is 4.78. The topological polar surface area (TPSA) is 71.7 Å². The molecule has 1 rings (SSSR count). The molecule has 84 valence electrons. The number of carboxylic acids is 1. The van der Waals surface area contributed by atoms with E-state index in [9.17, 15) is 4.79 Å². The maximum Gasteiger partial charge on any atom is 0.371 e. The Morgan fingerprint density at radius 1 is 1.60 bits per heavy atom. The number of hydrogen-bond donors (Lipinski definition) is 2. The number of ether oxygens (including phenoxy) is 1. The average Bonchev–Trinajstić information content (AvgIpc) is 2.60. The predicted molar refractivity (Wildman–Crippen MR) is 55.2 cm³/mol. The van der Waals surface area contributed by atoms with Gasteiger partial charge < -0.3 is 19.6 Å². The standard InChI is InChI=1S/C10H15NO4/c1-7(2)14-6-5-11-9-4-3-8(15-9)10(12)13/h3-4,7,11H,5-6H2,1-2H3,(H,12,13). The lowest BCUT2D eigenvalue weighted by atomic mass is 10.4. The maximum absolute atomic E-state index is 10.5. The molecule has 0 aliphatic heterocycles. The molecule has 2 N–H and O–H groups in total. The van der Waals surface area contributed by atoms with E-state index in [4.69, 9.17) is 14.3 Å². The van der Waals surface area contributed by atoms with Crippen LogP contribution in [0, 0.1) is 0 Å². The fraction of sp³-hybridized carbons (Fsp3) is 0.500. The van der Waals surface area contributed by atoms with E-state index < -0.39 is 5.97 Å². The van der Waals surface area contributed by atoms with Gasteiger partial charge in [0.1, 0.15) is 0 Å². The summed E-state index contributed by atoms with van der Waals surface area (Å²) in [6.45, 7) is 5.05. The lowest BCUT2D eigenvalue weighted by Crippen LogP contribution is -2.12. The highest BCUT2D eigenvalue weighted by molar-refractivity contribution is 5.84. The average molecular weight is 213 g/mol. The van der Waals surface area contributed by atoms with Crippen molar-refractivity contribution in [3.8, 4) is 0 Å². The second kappa shape index (κ2) is 5.41. The minimum Gasteiger partial charge on any atom is -0.475 e. The van der Waals surface area contributed by atoms with Gasteiger partial charge >= 0.3 is 5.97 Å². The van der Waals surface area contributed by atoms with Crippen LogP contribution >= 0.6 is 0 Å². The van der Waals surface area contributed by atoms with Crippen molar-refractivity contribution < 1.29 is 19.1 Å². The van der Waals surface area contributed by atoms with Gasteiger partial charge in [-0.25, -0.2) is 4.79 Å². The third-order valence-corrected chi connectivity index (χ3v) is 1.67. The van der Waals surface area contributed by atoms with Crippen molar-refractivity contribution in [3.63, 3.8) is 0 Å². The van der Waals surface area contributed by atoms with Gasteiger partial charge in [0.25, 0.3) is 0 Å². The summed E-state index contributed by atoms with van der Waals surface area (Å²) in [6, 6.07) is 2.99. The number of furan rings is 1. The van der Waals surface area contributed by atoms with Crippen molar-refractivity contribution in [1.29, 1.82) is 0 Å². The summed E-state index contributed by atoms with van der Waals surface area (Å²) in [5.41, 5.74) is 0. The number of aromatic carboxylic acids is 1. The molecule has 0 amide bonds. The summed E-state index contributed by atoms with van der Waals surface area (Å²) < 4.78 is 10.3. The van der Waals surface area contributed by atoms with Crippen LogP contribution in [-0.2, 0) is 4.74 Å². The van der Waals surface area contributed by atoms with Gasteiger partial charge in [0, 0.05) is 12.6 Å². The van der Waals surface area contributed by atoms with Gasteiger partial charge in [0.05, 0.1) is 12.7 Å². The number of anilines is 1. The van der Waals surface area contributed by atoms with Crippen LogP contribution in [0.3, 0.4) is 0 Å². The van der Waals surface area contributed by atoms with Crippen LogP contribution in [0.2, 0.25) is 0 Å². The summed E-state index contributed by atoms with van der Waals surface area (Å²) in [7, 11) is 0. The van der Waals surface area contributed by atoms with Crippen molar-refractivity contribution in [2.75, 3.05) is 18.5 Å². The molecule has 5 nitrogen and oxygen atoms in total. The molecule has 0 fully saturated rings. The van der Waals surface area contributed by atoms with E-state index in [0.29, 0.717) is 19.0 Å². The first-order valence-corrected chi connectivity index (χ1v) is 4.78. The second-order valence-electron chi connectivity index (χ2n) is 3.32. The van der Waals surface area contributed by atoms with Crippen LogP contribution < -0.4 is 5.32 Å². The highest BCUT2D eigenvalue weighted by Crippen LogP contribution is 2.12. The first-order chi connectivity index (χ1) is 7.09. The Kier molecular flexibility index (Phi) is 4.17. The van der Waals surface area contributed by atoms with Crippen molar-refractivity contribution in [3.05, 3.63) is 17.9 Å². The second-order valence-corrected chi connectivity index (χ2v) is 3.32. The van der Waals surface area contributed by atoms with Gasteiger partial charge in [-0.1, -0.05) is 0 Å². The zero-order chi connectivity index (χ0) is 11.3. The van der Waals surface area contributed by atoms with Gasteiger partial charge in [-0.15, -0.1) is 0 Å². The molecule has 0 radical (unpaired) electrons. The molecule has 0 spiro atoms. The molecule has 0 aliphatic rings. The lowest BCUT2D eigenvalue weighted by molar-refractivity contribution is 0.0663. The first kappa shape index (κ1) is 11.6. The van der Waals surface area contributed by atoms with Gasteiger partial charge in [-0.3, -0.25) is 0 Å². The quantitative estimate of drug-likeness (QED) is 0.705. The number of carbonyl (C=O) groups is 1. The van der Waals surface area contributed by atoms with Gasteiger partial charge in [0.2, 0.25) is 5.76 Å². The largest absolute Gasteiger partial charge is 0.475 e. The van der Waals surface area contributed by atoms with Gasteiger partial charge in [-0.2, -0.15) is 0 Å². The molecule has 0 unspecified atom stereocenters. The summed E-state index contributed by atoms with van der Waals surface area (Å²) in [5, 5.41) is 11.5. The van der Waals surface area contributed by atoms with Crippen LogP contribution in [0.15, 0.2) is 16.5 Å². The highest BCUT2D eigenvalue weighted by Gasteiger charge is 2.07. The molecule has 15 heavy (non-hydrogen) atoms. The smallest absolute Gasteiger partial charge is 0.371 e. The Hall–Kier alpha value is -1.49. The Labute approximate surface area is 88.0 Å². The Balaban J connectivity index is 2.29. The molecule has 0 saturated carbocycles. The predicted octanol–water partition coefficient (Wildman–Crippen LogP) is 1.81. The Morgan fingerprint density at radius 3 is 2.87 bits per heavy atom. The third-order valence-electron chi connectivity index (χ3n) is 1.67. The highest BCUT2D eigenvalue weighted by atomic mass is 16.5. The SMILES string of the molecule is CC(C)OCCNc1ccc(C(=O)O)o1. The van der Waals surface area contributed by atoms with E-state index in [1.54, 1.807) is 6.07 Å². The molecule has 0 saturated heterocycles. The molecule has 0 aliphatic carbocycles. The molecular formula is C10H15NO4. The fourth-order valence-electron chi connectivity index (χ4n) is 1.02. The van der Waals surface area contributed by atoms with Crippen LogP contribution in [0.25, 0.3) is 0 Å². The van der Waals surface area contributed by atoms with Gasteiger partial charge in [0.15, 0.2) is 5.88 Å². The summed E-state index contributed by atoms with van der Waals surface area (Å²) in [6.07, 6.45) is 0.193. The van der Waals surface area contributed by atoms with Crippen molar-refractivity contribution in [2.24, 2.45) is 0 Å². The van der Waals surface area contributed by atoms with E-state index in [0.717, 1.165) is 0 Å². The molecule has 0 bridgehead atoms. The Morgan fingerprint density at radius 2 is 2.33 bits per heavy atom. The zero-order valence-corrected chi connectivity index (χ0v) is 8.82. The minimum absolute atomic E-state index is 0.0673. The number of hydrogen-bond acceptors (Lipinski definition) is 4. The molecule has 1 heterocycles. The van der Waals surface area contributed by atoms with E-state index in [1.165, 1.54) is 6.07 Å². The van der Waals surface area contributed by atoms with Crippen LogP contribution in [0.5, 0.6) is 0 Å². The lowest BCUT2D eigenvalue weighted by Gasteiger charge is -2.07. The van der Waals surface area contributed by atoms with Crippen molar-refractivity contribution >= 4 is 11.9 Å². The number of carboxylic acid groups (broad SMARTS) is 1. The summed E-state index contributed by atoms with van der Waals surface area (Å²) in [5.74, 6) is -0.691. The number of nitrogens with one attached hydrogen (secondary N) is 1. The molecule has 0 aromatic carbocycles. The van der Waals surface area contributed by atoms with Gasteiger partial charge in [-0.05, 0) is 19.9 Å². The monoisotopic (exact) mass is 213 g/mol. The molecule has 1 aromatic heterocycles. The minimum atomic E-state index is -1.07. The fourth-order valence-corrected chi connectivity index (χ4v) is 1.02. The maximum atomic E-state index is 10.5. The summed E-state index contributed by atoms with van der Waals surface area (Å²) >= 11 is 0. The zero-order valence-electron chi connectivity index (χ0n) is 8.82. The summed E-state index contributed by atoms with van der Waals surface area (Å²) in [4.78, 5) is 10.5. The van der Waals surface area contributed by atoms with Crippen LogP contribution in [0.1, 0.15) is 24.4 Å². The van der Waals surface area contributed by atoms with Crippen molar-refractivity contribution in [2.45, 2.75) is 20.0 Å². The molecule has 1 aromatic rings. The number of rotatable bonds is 6. The van der Waals surface area contributed by atoms with E-state index in [-0.39, 0.29) is 11.9 Å². The van der Waals surface area contributed by atoms with E-state index in [1.807, 2.05) is 13.8 Å². The van der Waals surface area contributed by atoms with E-state index in [2.05, 4.69) is 5.32 Å². The van der Waals surface area contributed by atoms with Crippen LogP contribution in [0.4, 0.5) is 5.88 Å². The molecule has 5 heteroatoms. The van der Waals surface area contributed by atoms with Crippen LogP contribution in [-0.4, -0.2) is 30.3 Å². The molecule has 0 atom stereocenters. The molecular weight excluding hydrogens is 198 g/mol. The normalized spacial score (nSPS) is 10.6.